The van der Waals surface area contributed by atoms with Gasteiger partial charge in [-0.1, -0.05) is 17.7 Å². The summed E-state index contributed by atoms with van der Waals surface area (Å²) in [6.45, 7) is 1.65. The molecule has 0 bridgehead atoms. The van der Waals surface area contributed by atoms with Crippen LogP contribution in [0.2, 0.25) is 5.02 Å². The van der Waals surface area contributed by atoms with Crippen LogP contribution in [0.4, 0.5) is 10.5 Å². The van der Waals surface area contributed by atoms with Crippen LogP contribution in [0.5, 0.6) is 0 Å². The minimum atomic E-state index is -0.0463. The molecule has 0 aromatic heterocycles. The fourth-order valence-corrected chi connectivity index (χ4v) is 2.50. The van der Waals surface area contributed by atoms with Crippen LogP contribution in [0.1, 0.15) is 12.8 Å². The van der Waals surface area contributed by atoms with E-state index in [-0.39, 0.29) is 12.1 Å². The Kier molecular flexibility index (Phi) is 4.44. The molecule has 1 aliphatic rings. The maximum Gasteiger partial charge on any atom is 0.322 e. The first kappa shape index (κ1) is 13.2. The molecule has 1 saturated heterocycles. The Bertz CT molecular complexity index is 424. The average Bonchev–Trinajstić information content (AvgIpc) is 2.78. The zero-order valence-corrected chi connectivity index (χ0v) is 11.2. The topological polar surface area (TPSA) is 44.4 Å². The summed E-state index contributed by atoms with van der Waals surface area (Å²) in [5, 5.41) is 6.64. The SMILES string of the molecule is CNCC1CCCN1C(=O)Nc1cccc(Cl)c1. The van der Waals surface area contributed by atoms with E-state index >= 15 is 0 Å². The normalized spacial score (nSPS) is 19.0. The fourth-order valence-electron chi connectivity index (χ4n) is 2.31. The minimum absolute atomic E-state index is 0.0463. The number of nitrogens with zero attached hydrogens (tertiary/aromatic N) is 1. The number of likely N-dealkylation sites (N-methyl/N-ethyl adjacent to an activating group) is 1. The lowest BCUT2D eigenvalue weighted by Gasteiger charge is -2.24. The van der Waals surface area contributed by atoms with Gasteiger partial charge in [-0.2, -0.15) is 0 Å². The third kappa shape index (κ3) is 3.15. The highest BCUT2D eigenvalue weighted by Crippen LogP contribution is 2.20. The average molecular weight is 268 g/mol. The molecule has 1 heterocycles. The van der Waals surface area contributed by atoms with Crippen LogP contribution < -0.4 is 10.6 Å². The zero-order chi connectivity index (χ0) is 13.0. The van der Waals surface area contributed by atoms with Crippen LogP contribution >= 0.6 is 11.6 Å². The molecular formula is C13H18ClN3O. The summed E-state index contributed by atoms with van der Waals surface area (Å²) in [5.74, 6) is 0. The molecule has 1 aromatic carbocycles. The predicted octanol–water partition coefficient (Wildman–Crippen LogP) is 2.56. The quantitative estimate of drug-likeness (QED) is 0.884. The summed E-state index contributed by atoms with van der Waals surface area (Å²) in [4.78, 5) is 14.0. The standard InChI is InChI=1S/C13H18ClN3O/c1-15-9-12-6-3-7-17(12)13(18)16-11-5-2-4-10(14)8-11/h2,4-5,8,12,15H,3,6-7,9H2,1H3,(H,16,18). The molecule has 2 N–H and O–H groups in total. The van der Waals surface area contributed by atoms with Crippen LogP contribution in [0.3, 0.4) is 0 Å². The van der Waals surface area contributed by atoms with E-state index in [1.807, 2.05) is 24.1 Å². The number of amides is 2. The molecule has 1 aliphatic heterocycles. The first-order chi connectivity index (χ1) is 8.70. The Labute approximate surface area is 112 Å². The maximum atomic E-state index is 12.2. The van der Waals surface area contributed by atoms with Gasteiger partial charge < -0.3 is 15.5 Å². The summed E-state index contributed by atoms with van der Waals surface area (Å²) in [6.07, 6.45) is 2.12. The van der Waals surface area contributed by atoms with Gasteiger partial charge in [-0.25, -0.2) is 4.79 Å². The number of halogens is 1. The summed E-state index contributed by atoms with van der Waals surface area (Å²) in [7, 11) is 1.91. The van der Waals surface area contributed by atoms with Gasteiger partial charge in [0.15, 0.2) is 0 Å². The number of carbonyl (C=O) groups excluding carboxylic acids is 1. The second-order valence-corrected chi connectivity index (χ2v) is 4.92. The van der Waals surface area contributed by atoms with Gasteiger partial charge in [-0.15, -0.1) is 0 Å². The van der Waals surface area contributed by atoms with Gasteiger partial charge in [-0.05, 0) is 38.1 Å². The Balaban J connectivity index is 1.99. The van der Waals surface area contributed by atoms with E-state index in [1.54, 1.807) is 12.1 Å². The third-order valence-electron chi connectivity index (χ3n) is 3.15. The predicted molar refractivity (Wildman–Crippen MR) is 74.1 cm³/mol. The van der Waals surface area contributed by atoms with Crippen LogP contribution in [-0.4, -0.2) is 37.1 Å². The number of rotatable bonds is 3. The molecule has 4 nitrogen and oxygen atoms in total. The number of carbonyl (C=O) groups is 1. The van der Waals surface area contributed by atoms with Crippen LogP contribution in [0.25, 0.3) is 0 Å². The molecule has 1 unspecified atom stereocenters. The van der Waals surface area contributed by atoms with Crippen molar-refractivity contribution in [3.63, 3.8) is 0 Å². The third-order valence-corrected chi connectivity index (χ3v) is 3.39. The zero-order valence-electron chi connectivity index (χ0n) is 10.4. The number of hydrogen-bond donors (Lipinski definition) is 2. The van der Waals surface area contributed by atoms with E-state index in [1.165, 1.54) is 0 Å². The highest BCUT2D eigenvalue weighted by atomic mass is 35.5. The van der Waals surface area contributed by atoms with Crippen molar-refractivity contribution < 1.29 is 4.79 Å². The minimum Gasteiger partial charge on any atom is -0.320 e. The molecule has 1 fully saturated rings. The monoisotopic (exact) mass is 267 g/mol. The van der Waals surface area contributed by atoms with Gasteiger partial charge in [0, 0.05) is 29.8 Å². The van der Waals surface area contributed by atoms with Gasteiger partial charge >= 0.3 is 6.03 Å². The number of benzene rings is 1. The van der Waals surface area contributed by atoms with Gasteiger partial charge in [0.05, 0.1) is 0 Å². The molecule has 0 aliphatic carbocycles. The van der Waals surface area contributed by atoms with Crippen molar-refractivity contribution in [3.8, 4) is 0 Å². The highest BCUT2D eigenvalue weighted by Gasteiger charge is 2.27. The van der Waals surface area contributed by atoms with E-state index in [4.69, 9.17) is 11.6 Å². The summed E-state index contributed by atoms with van der Waals surface area (Å²) in [5.41, 5.74) is 0.739. The number of urea groups is 1. The Morgan fingerprint density at radius 3 is 3.11 bits per heavy atom. The molecule has 2 rings (SSSR count). The number of likely N-dealkylation sites (tertiary alicyclic amines) is 1. The molecular weight excluding hydrogens is 250 g/mol. The number of hydrogen-bond acceptors (Lipinski definition) is 2. The van der Waals surface area contributed by atoms with E-state index < -0.39 is 0 Å². The smallest absolute Gasteiger partial charge is 0.320 e. The molecule has 1 aromatic rings. The van der Waals surface area contributed by atoms with Gasteiger partial charge in [0.2, 0.25) is 0 Å². The molecule has 0 radical (unpaired) electrons. The largest absolute Gasteiger partial charge is 0.322 e. The van der Waals surface area contributed by atoms with Crippen molar-refractivity contribution in [1.29, 1.82) is 0 Å². The van der Waals surface area contributed by atoms with Crippen molar-refractivity contribution in [3.05, 3.63) is 29.3 Å². The van der Waals surface area contributed by atoms with Crippen LogP contribution in [0, 0.1) is 0 Å². The lowest BCUT2D eigenvalue weighted by atomic mass is 10.2. The number of nitrogens with one attached hydrogen (secondary N) is 2. The Morgan fingerprint density at radius 2 is 2.39 bits per heavy atom. The molecule has 18 heavy (non-hydrogen) atoms. The van der Waals surface area contributed by atoms with Crippen molar-refractivity contribution in [2.45, 2.75) is 18.9 Å². The van der Waals surface area contributed by atoms with Crippen molar-refractivity contribution in [2.75, 3.05) is 25.5 Å². The van der Waals surface area contributed by atoms with E-state index in [2.05, 4.69) is 10.6 Å². The molecule has 1 atom stereocenters. The molecule has 0 spiro atoms. The molecule has 0 saturated carbocycles. The first-order valence-electron chi connectivity index (χ1n) is 6.18. The second-order valence-electron chi connectivity index (χ2n) is 4.49. The maximum absolute atomic E-state index is 12.2. The molecule has 98 valence electrons. The van der Waals surface area contributed by atoms with Crippen LogP contribution in [-0.2, 0) is 0 Å². The van der Waals surface area contributed by atoms with E-state index in [0.717, 1.165) is 31.6 Å². The Morgan fingerprint density at radius 1 is 1.56 bits per heavy atom. The molecule has 5 heteroatoms. The van der Waals surface area contributed by atoms with Gasteiger partial charge in [0.25, 0.3) is 0 Å². The summed E-state index contributed by atoms with van der Waals surface area (Å²) >= 11 is 5.89. The lowest BCUT2D eigenvalue weighted by Crippen LogP contribution is -2.43. The van der Waals surface area contributed by atoms with Crippen molar-refractivity contribution in [1.82, 2.24) is 10.2 Å². The lowest BCUT2D eigenvalue weighted by molar-refractivity contribution is 0.206. The van der Waals surface area contributed by atoms with Crippen molar-refractivity contribution >= 4 is 23.3 Å². The summed E-state index contributed by atoms with van der Waals surface area (Å²) < 4.78 is 0. The van der Waals surface area contributed by atoms with Gasteiger partial charge in [0.1, 0.15) is 0 Å². The summed E-state index contributed by atoms with van der Waals surface area (Å²) in [6, 6.07) is 7.45. The Hall–Kier alpha value is -1.26. The van der Waals surface area contributed by atoms with E-state index in [0.29, 0.717) is 5.02 Å². The van der Waals surface area contributed by atoms with Gasteiger partial charge in [-0.3, -0.25) is 0 Å². The highest BCUT2D eigenvalue weighted by molar-refractivity contribution is 6.30. The molecule has 2 amide bonds. The van der Waals surface area contributed by atoms with Crippen LogP contribution in [0.15, 0.2) is 24.3 Å². The fraction of sp³-hybridized carbons (Fsp3) is 0.462. The second kappa shape index (κ2) is 6.07. The first-order valence-corrected chi connectivity index (χ1v) is 6.56. The van der Waals surface area contributed by atoms with E-state index in [9.17, 15) is 4.79 Å². The van der Waals surface area contributed by atoms with Crippen molar-refractivity contribution in [2.24, 2.45) is 0 Å². The number of anilines is 1.